The first-order chi connectivity index (χ1) is 10.2. The Morgan fingerprint density at radius 1 is 1.18 bits per heavy atom. The molecule has 126 valence electrons. The van der Waals surface area contributed by atoms with Crippen LogP contribution in [0.1, 0.15) is 53.4 Å². The summed E-state index contributed by atoms with van der Waals surface area (Å²) in [6.07, 6.45) is 6.65. The molecule has 0 aliphatic heterocycles. The van der Waals surface area contributed by atoms with Gasteiger partial charge in [0.05, 0.1) is 0 Å². The van der Waals surface area contributed by atoms with Gasteiger partial charge in [-0.3, -0.25) is 0 Å². The van der Waals surface area contributed by atoms with E-state index < -0.39 is 8.32 Å². The van der Waals surface area contributed by atoms with Crippen LogP contribution in [0.15, 0.2) is 6.20 Å². The lowest BCUT2D eigenvalue weighted by Crippen LogP contribution is -2.45. The average molecular weight is 326 g/mol. The number of nitrogens with zero attached hydrogens (tertiary/aromatic N) is 3. The fourth-order valence-corrected chi connectivity index (χ4v) is 4.01. The highest BCUT2D eigenvalue weighted by Gasteiger charge is 2.40. The summed E-state index contributed by atoms with van der Waals surface area (Å²) in [7, 11) is -1.66. The van der Waals surface area contributed by atoms with Gasteiger partial charge in [-0.05, 0) is 50.7 Å². The monoisotopic (exact) mass is 325 g/mol. The summed E-state index contributed by atoms with van der Waals surface area (Å²) in [4.78, 5) is 0. The molecule has 5 nitrogen and oxygen atoms in total. The molecule has 1 fully saturated rings. The van der Waals surface area contributed by atoms with E-state index in [1.165, 1.54) is 0 Å². The predicted octanol–water partition coefficient (Wildman–Crippen LogP) is 4.01. The predicted molar refractivity (Wildman–Crippen MR) is 90.7 cm³/mol. The number of hydrogen-bond acceptors (Lipinski definition) is 4. The average Bonchev–Trinajstić information content (AvgIpc) is 2.86. The van der Waals surface area contributed by atoms with Crippen LogP contribution >= 0.6 is 0 Å². The van der Waals surface area contributed by atoms with E-state index in [-0.39, 0.29) is 11.1 Å². The topological polar surface area (TPSA) is 49.2 Å². The summed E-state index contributed by atoms with van der Waals surface area (Å²) < 4.78 is 14.4. The van der Waals surface area contributed by atoms with Crippen molar-refractivity contribution in [1.29, 1.82) is 0 Å². The maximum atomic E-state index is 6.53. The fourth-order valence-electron chi connectivity index (χ4n) is 2.59. The summed E-state index contributed by atoms with van der Waals surface area (Å²) in [5, 5.41) is 8.21. The first-order valence-corrected chi connectivity index (χ1v) is 11.4. The van der Waals surface area contributed by atoms with Gasteiger partial charge in [-0.2, -0.15) is 0 Å². The van der Waals surface area contributed by atoms with Crippen LogP contribution in [0.3, 0.4) is 0 Å². The maximum absolute atomic E-state index is 6.53. The van der Waals surface area contributed by atoms with Crippen LogP contribution in [0, 0.1) is 0 Å². The molecule has 0 atom stereocenters. The Balaban J connectivity index is 1.83. The van der Waals surface area contributed by atoms with Crippen molar-refractivity contribution in [3.8, 4) is 5.88 Å². The van der Waals surface area contributed by atoms with E-state index in [1.807, 2.05) is 6.92 Å². The third-order valence-corrected chi connectivity index (χ3v) is 9.59. The zero-order chi connectivity index (χ0) is 16.4. The second-order valence-corrected chi connectivity index (χ2v) is 12.5. The molecule has 1 aromatic rings. The highest BCUT2D eigenvalue weighted by Crippen LogP contribution is 2.39. The van der Waals surface area contributed by atoms with Gasteiger partial charge >= 0.3 is 0 Å². The molecule has 0 aromatic carbocycles. The molecule has 0 bridgehead atoms. The van der Waals surface area contributed by atoms with Crippen LogP contribution in [-0.2, 0) is 11.0 Å². The number of hydrogen-bond donors (Lipinski definition) is 0. The van der Waals surface area contributed by atoms with Gasteiger partial charge in [0.25, 0.3) is 0 Å². The normalized spacial score (nSPS) is 23.5. The van der Waals surface area contributed by atoms with Crippen molar-refractivity contribution in [3.63, 3.8) is 0 Å². The number of rotatable bonds is 5. The third kappa shape index (κ3) is 4.10. The van der Waals surface area contributed by atoms with E-state index in [4.69, 9.17) is 9.16 Å². The Morgan fingerprint density at radius 2 is 1.77 bits per heavy atom. The van der Waals surface area contributed by atoms with Gasteiger partial charge in [-0.25, -0.2) is 4.68 Å². The van der Waals surface area contributed by atoms with E-state index in [0.717, 1.165) is 38.1 Å². The molecule has 1 aliphatic carbocycles. The molecule has 0 spiro atoms. The molecule has 1 aromatic heterocycles. The van der Waals surface area contributed by atoms with Gasteiger partial charge in [-0.15, -0.1) is 5.10 Å². The fraction of sp³-hybridized carbons (Fsp3) is 0.875. The summed E-state index contributed by atoms with van der Waals surface area (Å²) in [6.45, 7) is 14.4. The van der Waals surface area contributed by atoms with Crippen molar-refractivity contribution in [3.05, 3.63) is 6.20 Å². The minimum absolute atomic E-state index is 0.267. The van der Waals surface area contributed by atoms with Gasteiger partial charge in [0.15, 0.2) is 8.32 Å². The Labute approximate surface area is 135 Å². The lowest BCUT2D eigenvalue weighted by molar-refractivity contribution is 0.0674. The van der Waals surface area contributed by atoms with Crippen LogP contribution in [-0.4, -0.2) is 35.5 Å². The Bertz CT molecular complexity index is 474. The lowest BCUT2D eigenvalue weighted by Gasteiger charge is -2.41. The molecule has 0 N–H and O–H groups in total. The Hall–Kier alpha value is -0.883. The largest absolute Gasteiger partial charge is 0.473 e. The molecular weight excluding hydrogens is 294 g/mol. The smallest absolute Gasteiger partial charge is 0.232 e. The maximum Gasteiger partial charge on any atom is 0.232 e. The lowest BCUT2D eigenvalue weighted by atomic mass is 9.95. The quantitative estimate of drug-likeness (QED) is 0.768. The van der Waals surface area contributed by atoms with E-state index >= 15 is 0 Å². The zero-order valence-electron chi connectivity index (χ0n) is 14.9. The molecule has 1 heterocycles. The van der Waals surface area contributed by atoms with E-state index in [9.17, 15) is 0 Å². The third-order valence-electron chi connectivity index (χ3n) is 5.06. The SMILES string of the molecule is CCn1nncc1O[C@H]1CC[C@H](O[Si](C)(C)C(C)(C)C)CC1. The van der Waals surface area contributed by atoms with Gasteiger partial charge in [0, 0.05) is 12.6 Å². The highest BCUT2D eigenvalue weighted by molar-refractivity contribution is 6.74. The number of aryl methyl sites for hydroxylation is 1. The van der Waals surface area contributed by atoms with Crippen molar-refractivity contribution >= 4 is 8.32 Å². The van der Waals surface area contributed by atoms with Crippen LogP contribution in [0.25, 0.3) is 0 Å². The summed E-state index contributed by atoms with van der Waals surface area (Å²) >= 11 is 0. The van der Waals surface area contributed by atoms with Crippen LogP contribution in [0.4, 0.5) is 0 Å². The van der Waals surface area contributed by atoms with Gasteiger partial charge < -0.3 is 9.16 Å². The first kappa shape index (κ1) is 17.5. The number of aromatic nitrogens is 3. The van der Waals surface area contributed by atoms with Crippen molar-refractivity contribution in [2.45, 2.75) is 90.3 Å². The second-order valence-electron chi connectivity index (χ2n) is 7.78. The Kier molecular flexibility index (Phi) is 5.32. The minimum atomic E-state index is -1.66. The van der Waals surface area contributed by atoms with Crippen LogP contribution in [0.5, 0.6) is 5.88 Å². The molecule has 0 unspecified atom stereocenters. The molecule has 22 heavy (non-hydrogen) atoms. The standard InChI is InChI=1S/C16H31N3O2Si/c1-7-19-15(12-17-18-19)20-13-8-10-14(11-9-13)21-22(5,6)16(2,3)4/h12-14H,7-11H2,1-6H3/t13-,14-. The number of ether oxygens (including phenoxy) is 1. The van der Waals surface area contributed by atoms with Crippen molar-refractivity contribution in [2.24, 2.45) is 0 Å². The van der Waals surface area contributed by atoms with Crippen molar-refractivity contribution in [1.82, 2.24) is 15.0 Å². The zero-order valence-corrected chi connectivity index (χ0v) is 15.9. The molecule has 1 saturated carbocycles. The first-order valence-electron chi connectivity index (χ1n) is 8.46. The summed E-state index contributed by atoms with van der Waals surface area (Å²) in [5.74, 6) is 0.788. The van der Waals surface area contributed by atoms with E-state index in [1.54, 1.807) is 10.9 Å². The molecule has 1 aliphatic rings. The Morgan fingerprint density at radius 3 is 2.32 bits per heavy atom. The van der Waals surface area contributed by atoms with Gasteiger partial charge in [-0.1, -0.05) is 26.0 Å². The van der Waals surface area contributed by atoms with Crippen molar-refractivity contribution in [2.75, 3.05) is 0 Å². The van der Waals surface area contributed by atoms with Crippen LogP contribution < -0.4 is 4.74 Å². The minimum Gasteiger partial charge on any atom is -0.473 e. The summed E-state index contributed by atoms with van der Waals surface area (Å²) in [5.41, 5.74) is 0. The molecule has 6 heteroatoms. The van der Waals surface area contributed by atoms with Gasteiger partial charge in [0.2, 0.25) is 5.88 Å². The van der Waals surface area contributed by atoms with E-state index in [0.29, 0.717) is 6.10 Å². The highest BCUT2D eigenvalue weighted by atomic mass is 28.4. The van der Waals surface area contributed by atoms with Gasteiger partial charge in [0.1, 0.15) is 12.3 Å². The summed E-state index contributed by atoms with van der Waals surface area (Å²) in [6, 6.07) is 0. The molecule has 0 amide bonds. The molecule has 2 rings (SSSR count). The van der Waals surface area contributed by atoms with Crippen LogP contribution in [0.2, 0.25) is 18.1 Å². The molecule has 0 saturated heterocycles. The second kappa shape index (κ2) is 6.70. The molecular formula is C16H31N3O2Si. The van der Waals surface area contributed by atoms with Crippen molar-refractivity contribution < 1.29 is 9.16 Å². The molecule has 0 radical (unpaired) electrons. The van der Waals surface area contributed by atoms with E-state index in [2.05, 4.69) is 44.2 Å².